The van der Waals surface area contributed by atoms with Crippen molar-refractivity contribution in [3.8, 4) is 0 Å². The Labute approximate surface area is 128 Å². The fraction of sp³-hybridized carbons (Fsp3) is 0.733. The van der Waals surface area contributed by atoms with Crippen molar-refractivity contribution in [2.75, 3.05) is 26.2 Å². The summed E-state index contributed by atoms with van der Waals surface area (Å²) in [6, 6.07) is 1.95. The first kappa shape index (κ1) is 15.4. The number of halogens is 2. The molecule has 2 aliphatic heterocycles. The highest BCUT2D eigenvalue weighted by molar-refractivity contribution is 5.76. The van der Waals surface area contributed by atoms with Crippen LogP contribution in [-0.2, 0) is 11.3 Å². The third kappa shape index (κ3) is 3.45. The van der Waals surface area contributed by atoms with Crippen LogP contribution in [0.5, 0.6) is 0 Å². The van der Waals surface area contributed by atoms with Crippen molar-refractivity contribution in [1.29, 1.82) is 0 Å². The summed E-state index contributed by atoms with van der Waals surface area (Å²) in [6.45, 7) is 2.34. The molecule has 5 nitrogen and oxygen atoms in total. The molecule has 0 radical (unpaired) electrons. The fourth-order valence-electron chi connectivity index (χ4n) is 3.24. The molecule has 1 atom stereocenters. The molecule has 0 aromatic carbocycles. The number of amides is 1. The van der Waals surface area contributed by atoms with Gasteiger partial charge in [-0.05, 0) is 25.5 Å². The van der Waals surface area contributed by atoms with E-state index in [0.29, 0.717) is 5.92 Å². The van der Waals surface area contributed by atoms with E-state index in [0.717, 1.165) is 31.6 Å². The number of aromatic nitrogens is 2. The molecule has 0 aliphatic carbocycles. The van der Waals surface area contributed by atoms with Crippen molar-refractivity contribution < 1.29 is 13.6 Å². The minimum atomic E-state index is -2.62. The van der Waals surface area contributed by atoms with E-state index in [4.69, 9.17) is 0 Å². The molecule has 0 unspecified atom stereocenters. The van der Waals surface area contributed by atoms with Gasteiger partial charge in [-0.3, -0.25) is 9.48 Å². The standard InChI is InChI=1S/C15H22F2N4O/c16-15(17)4-8-20(9-5-15)14(22)11-21-13(3-7-19-21)12-2-1-6-18-10-12/h3,7,12,18H,1-2,4-6,8-11H2/t12-/m0/s1. The van der Waals surface area contributed by atoms with Crippen LogP contribution in [0.25, 0.3) is 0 Å². The van der Waals surface area contributed by atoms with Crippen molar-refractivity contribution in [3.05, 3.63) is 18.0 Å². The van der Waals surface area contributed by atoms with Gasteiger partial charge in [0.15, 0.2) is 0 Å². The Morgan fingerprint density at radius 3 is 2.86 bits per heavy atom. The number of hydrogen-bond donors (Lipinski definition) is 1. The van der Waals surface area contributed by atoms with Crippen LogP contribution in [0.4, 0.5) is 8.78 Å². The smallest absolute Gasteiger partial charge is 0.251 e. The van der Waals surface area contributed by atoms with Gasteiger partial charge in [-0.2, -0.15) is 5.10 Å². The molecule has 1 amide bonds. The van der Waals surface area contributed by atoms with Gasteiger partial charge in [0, 0.05) is 50.3 Å². The van der Waals surface area contributed by atoms with E-state index in [-0.39, 0.29) is 38.4 Å². The molecule has 2 saturated heterocycles. The summed E-state index contributed by atoms with van der Waals surface area (Å²) in [5.74, 6) is -2.37. The normalized spacial score (nSPS) is 25.2. The Morgan fingerprint density at radius 1 is 1.41 bits per heavy atom. The number of carbonyl (C=O) groups excluding carboxylic acids is 1. The molecule has 1 aromatic heterocycles. The molecule has 0 spiro atoms. The lowest BCUT2D eigenvalue weighted by Crippen LogP contribution is -2.44. The Hall–Kier alpha value is -1.50. The SMILES string of the molecule is O=C(Cn1nccc1[C@H]1CCCNC1)N1CCC(F)(F)CC1. The van der Waals surface area contributed by atoms with Gasteiger partial charge in [-0.1, -0.05) is 0 Å². The highest BCUT2D eigenvalue weighted by Gasteiger charge is 2.35. The summed E-state index contributed by atoms with van der Waals surface area (Å²) < 4.78 is 28.1. The van der Waals surface area contributed by atoms with Crippen LogP contribution >= 0.6 is 0 Å². The van der Waals surface area contributed by atoms with Gasteiger partial charge in [-0.15, -0.1) is 0 Å². The molecule has 2 aliphatic rings. The van der Waals surface area contributed by atoms with E-state index in [2.05, 4.69) is 10.4 Å². The van der Waals surface area contributed by atoms with Crippen molar-refractivity contribution >= 4 is 5.91 Å². The molecule has 0 saturated carbocycles. The zero-order valence-corrected chi connectivity index (χ0v) is 12.6. The molecule has 0 bridgehead atoms. The van der Waals surface area contributed by atoms with Gasteiger partial charge in [0.05, 0.1) is 0 Å². The summed E-state index contributed by atoms with van der Waals surface area (Å²) in [4.78, 5) is 13.8. The third-order valence-corrected chi connectivity index (χ3v) is 4.60. The Bertz CT molecular complexity index is 515. The van der Waals surface area contributed by atoms with Gasteiger partial charge in [0.1, 0.15) is 6.54 Å². The van der Waals surface area contributed by atoms with Crippen LogP contribution in [0.3, 0.4) is 0 Å². The first-order valence-corrected chi connectivity index (χ1v) is 7.93. The topological polar surface area (TPSA) is 50.2 Å². The van der Waals surface area contributed by atoms with Crippen LogP contribution in [0, 0.1) is 0 Å². The lowest BCUT2D eigenvalue weighted by atomic mass is 9.96. The van der Waals surface area contributed by atoms with Gasteiger partial charge in [-0.25, -0.2) is 8.78 Å². The maximum absolute atomic E-state index is 13.2. The molecule has 7 heteroatoms. The number of carbonyl (C=O) groups is 1. The molecule has 2 fully saturated rings. The maximum atomic E-state index is 13.2. The Kier molecular flexibility index (Phi) is 4.42. The summed E-state index contributed by atoms with van der Waals surface area (Å²) >= 11 is 0. The molecular formula is C15H22F2N4O. The van der Waals surface area contributed by atoms with Crippen LogP contribution < -0.4 is 5.32 Å². The summed E-state index contributed by atoms with van der Waals surface area (Å²) in [5.41, 5.74) is 1.06. The third-order valence-electron chi connectivity index (χ3n) is 4.60. The minimum absolute atomic E-state index is 0.121. The summed E-state index contributed by atoms with van der Waals surface area (Å²) in [7, 11) is 0. The number of likely N-dealkylation sites (tertiary alicyclic amines) is 1. The van der Waals surface area contributed by atoms with E-state index in [1.807, 2.05) is 6.07 Å². The van der Waals surface area contributed by atoms with Crippen molar-refractivity contribution in [3.63, 3.8) is 0 Å². The highest BCUT2D eigenvalue weighted by Crippen LogP contribution is 2.28. The summed E-state index contributed by atoms with van der Waals surface area (Å²) in [5, 5.41) is 7.60. The second-order valence-electron chi connectivity index (χ2n) is 6.19. The maximum Gasteiger partial charge on any atom is 0.251 e. The van der Waals surface area contributed by atoms with Crippen LogP contribution in [-0.4, -0.2) is 52.7 Å². The van der Waals surface area contributed by atoms with Crippen molar-refractivity contribution in [1.82, 2.24) is 20.0 Å². The van der Waals surface area contributed by atoms with Crippen LogP contribution in [0.2, 0.25) is 0 Å². The zero-order chi connectivity index (χ0) is 15.6. The number of hydrogen-bond acceptors (Lipinski definition) is 3. The van der Waals surface area contributed by atoms with E-state index >= 15 is 0 Å². The number of rotatable bonds is 3. The van der Waals surface area contributed by atoms with Crippen molar-refractivity contribution in [2.45, 2.75) is 44.1 Å². The summed E-state index contributed by atoms with van der Waals surface area (Å²) in [6.07, 6.45) is 3.43. The van der Waals surface area contributed by atoms with E-state index in [1.54, 1.807) is 10.9 Å². The van der Waals surface area contributed by atoms with Crippen LogP contribution in [0.15, 0.2) is 12.3 Å². The van der Waals surface area contributed by atoms with Gasteiger partial charge in [0.2, 0.25) is 5.91 Å². The molecular weight excluding hydrogens is 290 g/mol. The van der Waals surface area contributed by atoms with E-state index in [9.17, 15) is 13.6 Å². The number of nitrogens with one attached hydrogen (secondary N) is 1. The first-order chi connectivity index (χ1) is 10.6. The molecule has 22 heavy (non-hydrogen) atoms. The largest absolute Gasteiger partial charge is 0.341 e. The second kappa shape index (κ2) is 6.32. The molecule has 3 heterocycles. The predicted molar refractivity (Wildman–Crippen MR) is 77.8 cm³/mol. The fourth-order valence-corrected chi connectivity index (χ4v) is 3.24. The number of nitrogens with zero attached hydrogens (tertiary/aromatic N) is 3. The Morgan fingerprint density at radius 2 is 2.18 bits per heavy atom. The van der Waals surface area contributed by atoms with Crippen molar-refractivity contribution in [2.24, 2.45) is 0 Å². The zero-order valence-electron chi connectivity index (χ0n) is 12.6. The van der Waals surface area contributed by atoms with Gasteiger partial charge < -0.3 is 10.2 Å². The monoisotopic (exact) mass is 312 g/mol. The quantitative estimate of drug-likeness (QED) is 0.922. The second-order valence-corrected chi connectivity index (χ2v) is 6.19. The highest BCUT2D eigenvalue weighted by atomic mass is 19.3. The molecule has 1 N–H and O–H groups in total. The van der Waals surface area contributed by atoms with Gasteiger partial charge in [0.25, 0.3) is 5.92 Å². The average Bonchev–Trinajstić information content (AvgIpc) is 2.96. The lowest BCUT2D eigenvalue weighted by molar-refractivity contribution is -0.138. The minimum Gasteiger partial charge on any atom is -0.341 e. The predicted octanol–water partition coefficient (Wildman–Crippen LogP) is 1.61. The first-order valence-electron chi connectivity index (χ1n) is 7.93. The average molecular weight is 312 g/mol. The van der Waals surface area contributed by atoms with E-state index in [1.165, 1.54) is 4.90 Å². The van der Waals surface area contributed by atoms with Crippen LogP contribution in [0.1, 0.15) is 37.3 Å². The van der Waals surface area contributed by atoms with E-state index < -0.39 is 5.92 Å². The molecule has 1 aromatic rings. The number of alkyl halides is 2. The van der Waals surface area contributed by atoms with Gasteiger partial charge >= 0.3 is 0 Å². The molecule has 122 valence electrons. The lowest BCUT2D eigenvalue weighted by Gasteiger charge is -2.32. The molecule has 3 rings (SSSR count). The Balaban J connectivity index is 1.61. The number of piperidine rings is 2.